The molecule has 0 amide bonds. The van der Waals surface area contributed by atoms with Gasteiger partial charge in [-0.25, -0.2) is 0 Å². The number of rotatable bonds is 6. The van der Waals surface area contributed by atoms with Gasteiger partial charge in [-0.3, -0.25) is 0 Å². The second-order valence-corrected chi connectivity index (χ2v) is 9.02. The van der Waals surface area contributed by atoms with Crippen LogP contribution in [0.15, 0.2) is 54.6 Å². The first kappa shape index (κ1) is 32.7. The number of hydrogen-bond donors (Lipinski definition) is 1. The third-order valence-corrected chi connectivity index (χ3v) is 6.84. The number of ether oxygens (including phenoxy) is 1. The van der Waals surface area contributed by atoms with Gasteiger partial charge < -0.3 is 10.1 Å². The molecule has 0 aliphatic heterocycles. The first-order valence-corrected chi connectivity index (χ1v) is 11.3. The zero-order valence-electron chi connectivity index (χ0n) is 20.7. The van der Waals surface area contributed by atoms with Gasteiger partial charge in [-0.05, 0) is 92.2 Å². The van der Waals surface area contributed by atoms with Crippen molar-refractivity contribution in [1.29, 1.82) is 0 Å². The molecule has 0 saturated heterocycles. The van der Waals surface area contributed by atoms with Gasteiger partial charge >= 0.3 is 51.3 Å². The van der Waals surface area contributed by atoms with Gasteiger partial charge in [0, 0.05) is 12.1 Å². The zero-order valence-corrected chi connectivity index (χ0v) is 22.0. The Morgan fingerprint density at radius 3 is 2.26 bits per heavy atom. The Hall–Kier alpha value is -2.31. The minimum Gasteiger partial charge on any atom is 3.00 e. The summed E-state index contributed by atoms with van der Waals surface area (Å²) in [6.45, 7) is 23.1. The summed E-state index contributed by atoms with van der Waals surface area (Å²) in [6.07, 6.45) is 6.10. The van der Waals surface area contributed by atoms with E-state index in [0.29, 0.717) is 11.8 Å². The van der Waals surface area contributed by atoms with Crippen LogP contribution in [-0.4, -0.2) is 7.11 Å². The monoisotopic (exact) mass is 511 g/mol. The summed E-state index contributed by atoms with van der Waals surface area (Å²) in [5, 5.41) is 3.90. The summed E-state index contributed by atoms with van der Waals surface area (Å²) in [5.74, 6) is 2.27. The molecule has 1 radical (unpaired) electrons. The first-order valence-electron chi connectivity index (χ1n) is 11.3. The molecular weight excluding hydrogens is 478 g/mol. The Kier molecular flexibility index (Phi) is 15.3. The van der Waals surface area contributed by atoms with Crippen LogP contribution in [0.25, 0.3) is 0 Å². The van der Waals surface area contributed by atoms with Crippen LogP contribution in [0.5, 0.6) is 5.75 Å². The molecule has 35 heavy (non-hydrogen) atoms. The van der Waals surface area contributed by atoms with E-state index in [0.717, 1.165) is 18.7 Å². The summed E-state index contributed by atoms with van der Waals surface area (Å²) in [4.78, 5) is 0. The second kappa shape index (κ2) is 16.4. The largest absolute Gasteiger partial charge is 3.00 e. The summed E-state index contributed by atoms with van der Waals surface area (Å²) < 4.78 is 28.2. The number of benzene rings is 2. The standard InChI is InChI=1S/C26H33NO.3CO.Cr/c1-18(2)14-21-11-10-20-12-13-26(3,27-17-19-8-6-5-7-9-19)24-16-22(28-4)15-23(21)25(20)24;3*1-2;/h5-9,15-16,20-21,27H,1,10-14,17H2,2-4H3;;;;/q;;;;+3/t20-,21+,26-;;;;/m0..../s1. The summed E-state index contributed by atoms with van der Waals surface area (Å²) >= 11 is 0. The predicted octanol–water partition coefficient (Wildman–Crippen LogP) is 6.31. The molecular formula is C29H33CrNO4+3. The molecule has 2 aromatic carbocycles. The van der Waals surface area contributed by atoms with Crippen molar-refractivity contribution < 1.29 is 36.1 Å². The van der Waals surface area contributed by atoms with Crippen molar-refractivity contribution in [1.82, 2.24) is 5.32 Å². The van der Waals surface area contributed by atoms with Gasteiger partial charge in [-0.1, -0.05) is 35.9 Å². The van der Waals surface area contributed by atoms with E-state index in [9.17, 15) is 0 Å². The smallest absolute Gasteiger partial charge is 3.00 e. The predicted molar refractivity (Wildman–Crippen MR) is 129 cm³/mol. The average molecular weight is 512 g/mol. The van der Waals surface area contributed by atoms with Gasteiger partial charge in [0.05, 0.1) is 7.11 Å². The van der Waals surface area contributed by atoms with Gasteiger partial charge in [0.2, 0.25) is 0 Å². The van der Waals surface area contributed by atoms with Gasteiger partial charge in [0.25, 0.3) is 0 Å². The maximum atomic E-state index is 7.50. The topological polar surface area (TPSA) is 81.0 Å². The SMILES string of the molecule is C=C(C)C[C@H]1CC[C@H]2CC[C@](C)(NCc3ccccc3)c3cc(OC)cc1c32.[C-]#[O+].[C-]#[O+].[C-]#[O+].[Cr+3]. The van der Waals surface area contributed by atoms with Crippen LogP contribution in [0.4, 0.5) is 0 Å². The number of allylic oxidation sites excluding steroid dienone is 1. The molecule has 0 unspecified atom stereocenters. The minimum absolute atomic E-state index is 0. The van der Waals surface area contributed by atoms with Crippen LogP contribution in [0, 0.1) is 20.0 Å². The Balaban J connectivity index is 0.00000154. The van der Waals surface area contributed by atoms with E-state index >= 15 is 0 Å². The van der Waals surface area contributed by atoms with E-state index in [4.69, 9.17) is 18.7 Å². The molecule has 5 nitrogen and oxygen atoms in total. The third kappa shape index (κ3) is 8.11. The third-order valence-electron chi connectivity index (χ3n) is 6.84. The molecule has 0 saturated carbocycles. The Labute approximate surface area is 220 Å². The molecule has 0 heterocycles. The number of methoxy groups -OCH3 is 1. The molecule has 3 atom stereocenters. The Morgan fingerprint density at radius 1 is 1.06 bits per heavy atom. The zero-order chi connectivity index (χ0) is 25.7. The molecule has 2 aliphatic rings. The van der Waals surface area contributed by atoms with E-state index in [1.807, 2.05) is 0 Å². The molecule has 181 valence electrons. The van der Waals surface area contributed by atoms with Crippen LogP contribution < -0.4 is 10.1 Å². The van der Waals surface area contributed by atoms with E-state index in [1.54, 1.807) is 12.7 Å². The fraction of sp³-hybridized carbons (Fsp3) is 0.414. The molecule has 0 fully saturated rings. The molecule has 0 aromatic heterocycles. The van der Waals surface area contributed by atoms with Gasteiger partial charge in [0.1, 0.15) is 5.75 Å². The van der Waals surface area contributed by atoms with Gasteiger partial charge in [0.15, 0.2) is 0 Å². The van der Waals surface area contributed by atoms with Gasteiger partial charge in [-0.15, -0.1) is 6.58 Å². The van der Waals surface area contributed by atoms with Crippen molar-refractivity contribution in [2.24, 2.45) is 0 Å². The van der Waals surface area contributed by atoms with Crippen molar-refractivity contribution in [3.05, 3.63) is 96.8 Å². The Morgan fingerprint density at radius 2 is 1.69 bits per heavy atom. The summed E-state index contributed by atoms with van der Waals surface area (Å²) in [5.41, 5.74) is 7.17. The normalized spacial score (nSPS) is 20.8. The van der Waals surface area contributed by atoms with Crippen molar-refractivity contribution in [3.63, 3.8) is 0 Å². The van der Waals surface area contributed by atoms with E-state index in [1.165, 1.54) is 47.9 Å². The van der Waals surface area contributed by atoms with Crippen LogP contribution in [0.2, 0.25) is 0 Å². The fourth-order valence-electron chi connectivity index (χ4n) is 5.31. The Bertz CT molecular complexity index is 985. The van der Waals surface area contributed by atoms with Crippen LogP contribution in [0.3, 0.4) is 0 Å². The average Bonchev–Trinajstić information content (AvgIpc) is 2.90. The van der Waals surface area contributed by atoms with Crippen LogP contribution in [0.1, 0.15) is 80.0 Å². The number of nitrogens with one attached hydrogen (secondary N) is 1. The summed E-state index contributed by atoms with van der Waals surface area (Å²) in [7, 11) is 1.79. The maximum Gasteiger partial charge on any atom is 3.00 e. The van der Waals surface area contributed by atoms with E-state index in [-0.39, 0.29) is 22.9 Å². The van der Waals surface area contributed by atoms with E-state index in [2.05, 4.69) is 88.2 Å². The quantitative estimate of drug-likeness (QED) is 0.280. The molecule has 6 heteroatoms. The number of hydrogen-bond acceptors (Lipinski definition) is 2. The first-order chi connectivity index (χ1) is 16.5. The maximum absolute atomic E-state index is 7.50. The van der Waals surface area contributed by atoms with Crippen molar-refractivity contribution in [2.75, 3.05) is 7.11 Å². The fourth-order valence-corrected chi connectivity index (χ4v) is 5.31. The van der Waals surface area contributed by atoms with E-state index < -0.39 is 0 Å². The van der Waals surface area contributed by atoms with Crippen LogP contribution >= 0.6 is 0 Å². The van der Waals surface area contributed by atoms with Gasteiger partial charge in [-0.2, -0.15) is 0 Å². The minimum atomic E-state index is -0.0178. The molecule has 4 rings (SSSR count). The van der Waals surface area contributed by atoms with Crippen molar-refractivity contribution in [3.8, 4) is 5.75 Å². The van der Waals surface area contributed by atoms with Crippen molar-refractivity contribution >= 4 is 0 Å². The molecule has 1 N–H and O–H groups in total. The molecule has 0 bridgehead atoms. The molecule has 2 aliphatic carbocycles. The summed E-state index contributed by atoms with van der Waals surface area (Å²) in [6, 6.07) is 15.3. The second-order valence-electron chi connectivity index (χ2n) is 9.02. The molecule has 2 aromatic rings. The van der Waals surface area contributed by atoms with Crippen molar-refractivity contribution in [2.45, 2.75) is 69.9 Å². The van der Waals surface area contributed by atoms with Crippen LogP contribution in [-0.2, 0) is 43.4 Å². The molecule has 0 spiro atoms.